The van der Waals surface area contributed by atoms with E-state index in [0.29, 0.717) is 5.75 Å². The summed E-state index contributed by atoms with van der Waals surface area (Å²) < 4.78 is 34.8. The van der Waals surface area contributed by atoms with Crippen molar-refractivity contribution in [3.8, 4) is 5.75 Å². The zero-order valence-electron chi connectivity index (χ0n) is 21.8. The first-order valence-electron chi connectivity index (χ1n) is 12.1. The molecule has 1 N–H and O–H groups in total. The van der Waals surface area contributed by atoms with Crippen molar-refractivity contribution in [2.75, 3.05) is 18.0 Å². The lowest BCUT2D eigenvalue weighted by molar-refractivity contribution is -0.139. The lowest BCUT2D eigenvalue weighted by Crippen LogP contribution is -2.52. The normalized spacial score (nSPS) is 12.1. The third-order valence-electron chi connectivity index (χ3n) is 5.82. The molecule has 0 spiro atoms. The number of rotatable bonds is 11. The molecule has 0 radical (unpaired) electrons. The highest BCUT2D eigenvalue weighted by Gasteiger charge is 2.32. The number of halogens is 1. The third kappa shape index (κ3) is 7.35. The minimum atomic E-state index is -4.13. The molecule has 0 aliphatic rings. The Morgan fingerprint density at radius 2 is 1.61 bits per heavy atom. The SMILES string of the molecule is COc1cccc(N(CC(=O)N(Cc2ccc(Br)cc2)[C@@H](C)C(=O)NC(C)C)S(=O)(=O)c2ccccc2)c1. The van der Waals surface area contributed by atoms with Crippen LogP contribution in [0.1, 0.15) is 26.3 Å². The number of ether oxygens (including phenoxy) is 1. The summed E-state index contributed by atoms with van der Waals surface area (Å²) in [6.07, 6.45) is 0. The Labute approximate surface area is 232 Å². The molecule has 38 heavy (non-hydrogen) atoms. The van der Waals surface area contributed by atoms with Gasteiger partial charge < -0.3 is 15.0 Å². The van der Waals surface area contributed by atoms with Crippen LogP contribution >= 0.6 is 15.9 Å². The molecular weight excluding hydrogens is 570 g/mol. The molecule has 3 aromatic carbocycles. The van der Waals surface area contributed by atoms with Gasteiger partial charge in [0.05, 0.1) is 17.7 Å². The molecule has 0 aliphatic carbocycles. The molecule has 0 unspecified atom stereocenters. The molecule has 0 bridgehead atoms. The van der Waals surface area contributed by atoms with E-state index in [-0.39, 0.29) is 29.1 Å². The van der Waals surface area contributed by atoms with Gasteiger partial charge in [0.15, 0.2) is 0 Å². The molecular formula is C28H32BrN3O5S. The molecule has 0 saturated heterocycles. The maximum atomic E-state index is 13.9. The largest absolute Gasteiger partial charge is 0.497 e. The summed E-state index contributed by atoms with van der Waals surface area (Å²) in [6.45, 7) is 4.91. The zero-order chi connectivity index (χ0) is 27.9. The van der Waals surface area contributed by atoms with E-state index in [1.807, 2.05) is 38.1 Å². The van der Waals surface area contributed by atoms with Gasteiger partial charge in [-0.1, -0.05) is 52.3 Å². The minimum absolute atomic E-state index is 0.0423. The average molecular weight is 603 g/mol. The maximum Gasteiger partial charge on any atom is 0.264 e. The van der Waals surface area contributed by atoms with E-state index < -0.39 is 28.5 Å². The number of sulfonamides is 1. The van der Waals surface area contributed by atoms with Gasteiger partial charge in [-0.3, -0.25) is 13.9 Å². The standard InChI is InChI=1S/C28H32BrN3O5S/c1-20(2)30-28(34)21(3)31(18-22-13-15-23(29)16-14-22)27(33)19-32(24-9-8-10-25(17-24)37-4)38(35,36)26-11-6-5-7-12-26/h5-17,20-21H,18-19H2,1-4H3,(H,30,34)/t21-/m0/s1. The molecule has 1 atom stereocenters. The van der Waals surface area contributed by atoms with Crippen molar-refractivity contribution >= 4 is 43.5 Å². The van der Waals surface area contributed by atoms with E-state index in [1.165, 1.54) is 24.1 Å². The molecule has 0 heterocycles. The maximum absolute atomic E-state index is 13.9. The predicted octanol–water partition coefficient (Wildman–Crippen LogP) is 4.59. The van der Waals surface area contributed by atoms with Crippen LogP contribution in [0.15, 0.2) is 88.2 Å². The highest BCUT2D eigenvalue weighted by Crippen LogP contribution is 2.27. The number of carbonyl (C=O) groups excluding carboxylic acids is 2. The van der Waals surface area contributed by atoms with Crippen LogP contribution in [0.4, 0.5) is 5.69 Å². The number of anilines is 1. The number of hydrogen-bond donors (Lipinski definition) is 1. The van der Waals surface area contributed by atoms with Gasteiger partial charge in [0.25, 0.3) is 10.0 Å². The summed E-state index contributed by atoms with van der Waals surface area (Å²) in [4.78, 5) is 28.2. The van der Waals surface area contributed by atoms with Crippen molar-refractivity contribution in [3.63, 3.8) is 0 Å². The molecule has 10 heteroatoms. The summed E-state index contributed by atoms with van der Waals surface area (Å²) in [6, 6.07) is 20.8. The van der Waals surface area contributed by atoms with E-state index >= 15 is 0 Å². The van der Waals surface area contributed by atoms with Crippen LogP contribution in [0.2, 0.25) is 0 Å². The van der Waals surface area contributed by atoms with E-state index in [4.69, 9.17) is 4.74 Å². The van der Waals surface area contributed by atoms with Gasteiger partial charge in [0.1, 0.15) is 18.3 Å². The topological polar surface area (TPSA) is 96.0 Å². The monoisotopic (exact) mass is 601 g/mol. The van der Waals surface area contributed by atoms with E-state index in [1.54, 1.807) is 49.4 Å². The Morgan fingerprint density at radius 1 is 0.947 bits per heavy atom. The zero-order valence-corrected chi connectivity index (χ0v) is 24.2. The number of amides is 2. The van der Waals surface area contributed by atoms with Crippen LogP contribution in [-0.2, 0) is 26.2 Å². The second-order valence-corrected chi connectivity index (χ2v) is 11.8. The second-order valence-electron chi connectivity index (χ2n) is 9.01. The van der Waals surface area contributed by atoms with Gasteiger partial charge in [-0.05, 0) is 62.7 Å². The van der Waals surface area contributed by atoms with Crippen molar-refractivity contribution in [1.82, 2.24) is 10.2 Å². The quantitative estimate of drug-likeness (QED) is 0.347. The summed E-state index contributed by atoms with van der Waals surface area (Å²) in [5.41, 5.74) is 1.06. The van der Waals surface area contributed by atoms with Crippen LogP contribution in [0.5, 0.6) is 5.75 Å². The molecule has 3 aromatic rings. The Kier molecular flexibility index (Phi) is 9.93. The summed E-state index contributed by atoms with van der Waals surface area (Å²) in [5, 5.41) is 2.84. The fourth-order valence-electron chi connectivity index (χ4n) is 3.79. The number of nitrogens with one attached hydrogen (secondary N) is 1. The molecule has 0 aliphatic heterocycles. The van der Waals surface area contributed by atoms with Crippen LogP contribution in [0.3, 0.4) is 0 Å². The number of nitrogens with zero attached hydrogens (tertiary/aromatic N) is 2. The molecule has 8 nitrogen and oxygen atoms in total. The van der Waals surface area contributed by atoms with Gasteiger partial charge >= 0.3 is 0 Å². The third-order valence-corrected chi connectivity index (χ3v) is 8.13. The van der Waals surface area contributed by atoms with Gasteiger partial charge in [0.2, 0.25) is 11.8 Å². The van der Waals surface area contributed by atoms with Crippen molar-refractivity contribution in [2.45, 2.75) is 44.3 Å². The number of methoxy groups -OCH3 is 1. The first-order chi connectivity index (χ1) is 18.0. The van der Waals surface area contributed by atoms with Crippen molar-refractivity contribution in [3.05, 3.63) is 88.9 Å². The van der Waals surface area contributed by atoms with Crippen molar-refractivity contribution in [2.24, 2.45) is 0 Å². The number of carbonyl (C=O) groups is 2. The number of benzene rings is 3. The summed E-state index contributed by atoms with van der Waals surface area (Å²) in [7, 11) is -2.65. The lowest BCUT2D eigenvalue weighted by atomic mass is 10.1. The van der Waals surface area contributed by atoms with Crippen molar-refractivity contribution in [1.29, 1.82) is 0 Å². The molecule has 3 rings (SSSR count). The molecule has 0 saturated carbocycles. The van der Waals surface area contributed by atoms with Gasteiger partial charge in [-0.2, -0.15) is 0 Å². The molecule has 0 fully saturated rings. The first-order valence-corrected chi connectivity index (χ1v) is 14.3. The van der Waals surface area contributed by atoms with Crippen LogP contribution in [0, 0.1) is 0 Å². The van der Waals surface area contributed by atoms with Gasteiger partial charge in [-0.25, -0.2) is 8.42 Å². The fraction of sp³-hybridized carbons (Fsp3) is 0.286. The highest BCUT2D eigenvalue weighted by atomic mass is 79.9. The first kappa shape index (κ1) is 29.2. The Hall–Kier alpha value is -3.37. The second kappa shape index (κ2) is 12.9. The predicted molar refractivity (Wildman–Crippen MR) is 151 cm³/mol. The van der Waals surface area contributed by atoms with Crippen LogP contribution < -0.4 is 14.4 Å². The van der Waals surface area contributed by atoms with Crippen LogP contribution in [-0.4, -0.2) is 50.9 Å². The minimum Gasteiger partial charge on any atom is -0.497 e. The lowest BCUT2D eigenvalue weighted by Gasteiger charge is -2.32. The Bertz CT molecular complexity index is 1350. The Morgan fingerprint density at radius 3 is 2.21 bits per heavy atom. The van der Waals surface area contributed by atoms with E-state index in [9.17, 15) is 18.0 Å². The Balaban J connectivity index is 2.03. The highest BCUT2D eigenvalue weighted by molar-refractivity contribution is 9.10. The molecule has 2 amide bonds. The number of hydrogen-bond acceptors (Lipinski definition) is 5. The smallest absolute Gasteiger partial charge is 0.264 e. The van der Waals surface area contributed by atoms with Crippen LogP contribution in [0.25, 0.3) is 0 Å². The summed E-state index contributed by atoms with van der Waals surface area (Å²) >= 11 is 3.41. The average Bonchev–Trinajstić information content (AvgIpc) is 2.90. The van der Waals surface area contributed by atoms with Gasteiger partial charge in [-0.15, -0.1) is 0 Å². The molecule has 0 aromatic heterocycles. The van der Waals surface area contributed by atoms with E-state index in [0.717, 1.165) is 14.3 Å². The van der Waals surface area contributed by atoms with Crippen molar-refractivity contribution < 1.29 is 22.7 Å². The summed E-state index contributed by atoms with van der Waals surface area (Å²) in [5.74, 6) is -0.412. The van der Waals surface area contributed by atoms with E-state index in [2.05, 4.69) is 21.2 Å². The fourth-order valence-corrected chi connectivity index (χ4v) is 5.48. The molecule has 202 valence electrons. The van der Waals surface area contributed by atoms with Gasteiger partial charge in [0, 0.05) is 23.1 Å².